The quantitative estimate of drug-likeness (QED) is 0.617. The normalized spacial score (nSPS) is 19.9. The summed E-state index contributed by atoms with van der Waals surface area (Å²) in [6.07, 6.45) is 0.850. The van der Waals surface area contributed by atoms with Gasteiger partial charge in [0.25, 0.3) is 0 Å². The fourth-order valence-electron chi connectivity index (χ4n) is 2.36. The lowest BCUT2D eigenvalue weighted by Gasteiger charge is -2.23. The first-order valence-corrected chi connectivity index (χ1v) is 6.27. The summed E-state index contributed by atoms with van der Waals surface area (Å²) in [6.45, 7) is 5.24. The summed E-state index contributed by atoms with van der Waals surface area (Å²) in [6, 6.07) is 7.26. The highest BCUT2D eigenvalue weighted by Crippen LogP contribution is 2.37. The van der Waals surface area contributed by atoms with Crippen molar-refractivity contribution in [3.05, 3.63) is 29.8 Å². The van der Waals surface area contributed by atoms with Gasteiger partial charge in [-0.2, -0.15) is 0 Å². The van der Waals surface area contributed by atoms with Gasteiger partial charge >= 0.3 is 0 Å². The van der Waals surface area contributed by atoms with Crippen molar-refractivity contribution < 1.29 is 14.4 Å². The fraction of sp³-hybridized carbons (Fsp3) is 0.400. The highest BCUT2D eigenvalue weighted by Gasteiger charge is 2.47. The van der Waals surface area contributed by atoms with Gasteiger partial charge < -0.3 is 4.79 Å². The molecule has 1 aromatic rings. The van der Waals surface area contributed by atoms with E-state index in [-0.39, 0.29) is 18.2 Å². The number of hydrogen-bond donors (Lipinski definition) is 0. The third-order valence-electron chi connectivity index (χ3n) is 3.70. The Kier molecular flexibility index (Phi) is 3.27. The highest BCUT2D eigenvalue weighted by atomic mass is 16.2. The Morgan fingerprint density at radius 3 is 2.47 bits per heavy atom. The van der Waals surface area contributed by atoms with Crippen LogP contribution in [0.5, 0.6) is 0 Å². The number of rotatable bonds is 3. The van der Waals surface area contributed by atoms with E-state index in [1.54, 1.807) is 26.0 Å². The number of carbonyl (C=O) groups excluding carboxylic acids is 3. The second-order valence-electron chi connectivity index (χ2n) is 5.55. The van der Waals surface area contributed by atoms with E-state index in [9.17, 15) is 14.4 Å². The van der Waals surface area contributed by atoms with Crippen molar-refractivity contribution in [1.82, 2.24) is 0 Å². The highest BCUT2D eigenvalue weighted by molar-refractivity contribution is 6.22. The SMILES string of the molecule is Cc1ccccc1N1C(=O)C[C@@H](C(C)(C)C=O)C1=O. The van der Waals surface area contributed by atoms with Gasteiger partial charge in [-0.3, -0.25) is 14.5 Å². The Balaban J connectivity index is 2.40. The number of nitrogens with zero attached hydrogens (tertiary/aromatic N) is 1. The molecule has 1 aliphatic heterocycles. The molecule has 0 aliphatic carbocycles. The van der Waals surface area contributed by atoms with Crippen LogP contribution in [0.15, 0.2) is 24.3 Å². The van der Waals surface area contributed by atoms with Gasteiger partial charge in [-0.25, -0.2) is 0 Å². The van der Waals surface area contributed by atoms with Gasteiger partial charge in [0, 0.05) is 11.8 Å². The van der Waals surface area contributed by atoms with Crippen LogP contribution in [-0.2, 0) is 14.4 Å². The third-order valence-corrected chi connectivity index (χ3v) is 3.70. The topological polar surface area (TPSA) is 54.5 Å². The van der Waals surface area contributed by atoms with Crippen molar-refractivity contribution in [1.29, 1.82) is 0 Å². The molecule has 19 heavy (non-hydrogen) atoms. The lowest BCUT2D eigenvalue weighted by molar-refractivity contribution is -0.129. The van der Waals surface area contributed by atoms with Crippen molar-refractivity contribution in [2.75, 3.05) is 4.90 Å². The van der Waals surface area contributed by atoms with Crippen LogP contribution in [0.4, 0.5) is 5.69 Å². The second-order valence-corrected chi connectivity index (χ2v) is 5.55. The number of amides is 2. The van der Waals surface area contributed by atoms with E-state index in [0.29, 0.717) is 5.69 Å². The summed E-state index contributed by atoms with van der Waals surface area (Å²) in [5, 5.41) is 0. The van der Waals surface area contributed by atoms with E-state index in [4.69, 9.17) is 0 Å². The zero-order valence-corrected chi connectivity index (χ0v) is 11.3. The Labute approximate surface area is 112 Å². The van der Waals surface area contributed by atoms with Crippen LogP contribution < -0.4 is 4.90 Å². The molecule has 1 aliphatic rings. The number of hydrogen-bond acceptors (Lipinski definition) is 3. The molecule has 2 rings (SSSR count). The maximum atomic E-state index is 12.4. The zero-order chi connectivity index (χ0) is 14.2. The average Bonchev–Trinajstić information content (AvgIpc) is 2.67. The minimum absolute atomic E-state index is 0.0961. The van der Waals surface area contributed by atoms with Crippen LogP contribution in [0, 0.1) is 18.3 Å². The summed E-state index contributed by atoms with van der Waals surface area (Å²) in [4.78, 5) is 36.8. The van der Waals surface area contributed by atoms with Crippen molar-refractivity contribution in [3.8, 4) is 0 Å². The monoisotopic (exact) mass is 259 g/mol. The molecule has 100 valence electrons. The summed E-state index contributed by atoms with van der Waals surface area (Å²) >= 11 is 0. The van der Waals surface area contributed by atoms with Crippen molar-refractivity contribution in [2.24, 2.45) is 11.3 Å². The minimum Gasteiger partial charge on any atom is -0.303 e. The van der Waals surface area contributed by atoms with E-state index in [0.717, 1.165) is 11.8 Å². The molecule has 4 heteroatoms. The van der Waals surface area contributed by atoms with Gasteiger partial charge in [-0.15, -0.1) is 0 Å². The zero-order valence-electron chi connectivity index (χ0n) is 11.3. The molecule has 0 N–H and O–H groups in total. The maximum Gasteiger partial charge on any atom is 0.238 e. The molecule has 1 heterocycles. The fourth-order valence-corrected chi connectivity index (χ4v) is 2.36. The maximum absolute atomic E-state index is 12.4. The van der Waals surface area contributed by atoms with Crippen LogP contribution in [0.25, 0.3) is 0 Å². The molecule has 1 saturated heterocycles. The first kappa shape index (κ1) is 13.5. The lowest BCUT2D eigenvalue weighted by Crippen LogP contribution is -2.36. The van der Waals surface area contributed by atoms with Gasteiger partial charge in [-0.1, -0.05) is 32.0 Å². The molecule has 0 saturated carbocycles. The molecule has 2 amide bonds. The van der Waals surface area contributed by atoms with Gasteiger partial charge in [0.05, 0.1) is 11.6 Å². The van der Waals surface area contributed by atoms with E-state index in [2.05, 4.69) is 0 Å². The van der Waals surface area contributed by atoms with E-state index in [1.165, 1.54) is 4.90 Å². The third kappa shape index (κ3) is 2.18. The second kappa shape index (κ2) is 4.61. The number of carbonyl (C=O) groups is 3. The minimum atomic E-state index is -0.815. The van der Waals surface area contributed by atoms with E-state index in [1.807, 2.05) is 19.1 Å². The van der Waals surface area contributed by atoms with Crippen LogP contribution in [0.2, 0.25) is 0 Å². The number of aldehydes is 1. The lowest BCUT2D eigenvalue weighted by atomic mass is 9.79. The van der Waals surface area contributed by atoms with Crippen molar-refractivity contribution >= 4 is 23.8 Å². The smallest absolute Gasteiger partial charge is 0.238 e. The Hall–Kier alpha value is -1.97. The molecule has 0 bridgehead atoms. The summed E-state index contributed by atoms with van der Waals surface area (Å²) in [5.41, 5.74) is 0.667. The average molecular weight is 259 g/mol. The van der Waals surface area contributed by atoms with Crippen LogP contribution in [0.1, 0.15) is 25.8 Å². The van der Waals surface area contributed by atoms with Crippen molar-refractivity contribution in [2.45, 2.75) is 27.2 Å². The largest absolute Gasteiger partial charge is 0.303 e. The summed E-state index contributed by atoms with van der Waals surface area (Å²) in [7, 11) is 0. The Morgan fingerprint density at radius 2 is 1.89 bits per heavy atom. The van der Waals surface area contributed by atoms with Gasteiger partial charge in [0.15, 0.2) is 0 Å². The van der Waals surface area contributed by atoms with Gasteiger partial charge in [-0.05, 0) is 18.6 Å². The van der Waals surface area contributed by atoms with Crippen LogP contribution in [-0.4, -0.2) is 18.1 Å². The molecule has 0 aromatic heterocycles. The van der Waals surface area contributed by atoms with E-state index >= 15 is 0 Å². The molecule has 0 spiro atoms. The number of anilines is 1. The molecule has 0 radical (unpaired) electrons. The first-order valence-electron chi connectivity index (χ1n) is 6.27. The first-order chi connectivity index (χ1) is 8.88. The number of imide groups is 1. The number of aryl methyl sites for hydroxylation is 1. The predicted octanol–water partition coefficient (Wildman–Crippen LogP) is 2.10. The predicted molar refractivity (Wildman–Crippen MR) is 71.6 cm³/mol. The Morgan fingerprint density at radius 1 is 1.26 bits per heavy atom. The molecule has 0 unspecified atom stereocenters. The van der Waals surface area contributed by atoms with Gasteiger partial charge in [0.1, 0.15) is 6.29 Å². The molecule has 1 atom stereocenters. The van der Waals surface area contributed by atoms with Gasteiger partial charge in [0.2, 0.25) is 11.8 Å². The molecule has 4 nitrogen and oxygen atoms in total. The molecule has 1 fully saturated rings. The van der Waals surface area contributed by atoms with Crippen molar-refractivity contribution in [3.63, 3.8) is 0 Å². The standard InChI is InChI=1S/C15H17NO3/c1-10-6-4-5-7-12(10)16-13(18)8-11(14(16)19)15(2,3)9-17/h4-7,9,11H,8H2,1-3H3/t11-/m1/s1. The molecular formula is C15H17NO3. The summed E-state index contributed by atoms with van der Waals surface area (Å²) < 4.78 is 0. The number of benzene rings is 1. The molecule has 1 aromatic carbocycles. The molecular weight excluding hydrogens is 242 g/mol. The number of para-hydroxylation sites is 1. The van der Waals surface area contributed by atoms with E-state index < -0.39 is 11.3 Å². The van der Waals surface area contributed by atoms with Crippen LogP contribution in [0.3, 0.4) is 0 Å². The van der Waals surface area contributed by atoms with Crippen LogP contribution >= 0.6 is 0 Å². The summed E-state index contributed by atoms with van der Waals surface area (Å²) in [5.74, 6) is -1.09. The Bertz CT molecular complexity index is 548.